The number of carbonyl (C=O) groups is 2. The molecule has 10 nitrogen and oxygen atoms in total. The van der Waals surface area contributed by atoms with Gasteiger partial charge in [0.2, 0.25) is 11.8 Å². The second-order valence-electron chi connectivity index (χ2n) is 4.87. The molecule has 0 spiro atoms. The van der Waals surface area contributed by atoms with Crippen LogP contribution in [0.1, 0.15) is 12.8 Å². The van der Waals surface area contributed by atoms with Crippen LogP contribution in [0.5, 0.6) is 0 Å². The second-order valence-corrected chi connectivity index (χ2v) is 4.87. The molecule has 0 radical (unpaired) electrons. The number of aliphatic hydroxyl groups is 4. The lowest BCUT2D eigenvalue weighted by Crippen LogP contribution is -2.64. The van der Waals surface area contributed by atoms with Crippen molar-refractivity contribution in [1.29, 1.82) is 0 Å². The lowest BCUT2D eigenvalue weighted by Gasteiger charge is -2.40. The van der Waals surface area contributed by atoms with Crippen molar-refractivity contribution < 1.29 is 34.8 Å². The van der Waals surface area contributed by atoms with Crippen LogP contribution in [0.2, 0.25) is 0 Å². The molecule has 0 unspecified atom stereocenters. The van der Waals surface area contributed by atoms with Gasteiger partial charge in [-0.3, -0.25) is 9.59 Å². The minimum absolute atomic E-state index is 0.0125. The standard InChI is InChI=1S/C11H21N3O7/c12-4(1-2-6(13)16)10(20)14-11-9(19)8(18)7(17)5(3-15)21-11/h4-5,7-9,11,15,17-19H,1-3,12H2,(H2,13,16)(H,14,20)/t4-,5+,7+,8-,9+,11+/m0/s1. The molecule has 1 aliphatic rings. The monoisotopic (exact) mass is 307 g/mol. The van der Waals surface area contributed by atoms with Gasteiger partial charge in [0.25, 0.3) is 0 Å². The molecule has 0 saturated carbocycles. The van der Waals surface area contributed by atoms with Gasteiger partial charge in [0.1, 0.15) is 24.4 Å². The summed E-state index contributed by atoms with van der Waals surface area (Å²) in [6.07, 6.45) is -7.23. The van der Waals surface area contributed by atoms with E-state index in [2.05, 4.69) is 5.32 Å². The zero-order chi connectivity index (χ0) is 16.2. The van der Waals surface area contributed by atoms with Crippen molar-refractivity contribution in [2.24, 2.45) is 11.5 Å². The Kier molecular flexibility index (Phi) is 6.45. The molecule has 0 aromatic rings. The maximum Gasteiger partial charge on any atom is 0.238 e. The summed E-state index contributed by atoms with van der Waals surface area (Å²) in [5.74, 6) is -1.33. The summed E-state index contributed by atoms with van der Waals surface area (Å²) in [5, 5.41) is 40.1. The number of hydrogen-bond acceptors (Lipinski definition) is 8. The van der Waals surface area contributed by atoms with E-state index in [0.717, 1.165) is 0 Å². The maximum absolute atomic E-state index is 11.8. The Morgan fingerprint density at radius 1 is 1.19 bits per heavy atom. The number of nitrogens with two attached hydrogens (primary N) is 2. The van der Waals surface area contributed by atoms with E-state index < -0.39 is 55.1 Å². The Hall–Kier alpha value is -1.30. The van der Waals surface area contributed by atoms with Crippen LogP contribution < -0.4 is 16.8 Å². The predicted molar refractivity (Wildman–Crippen MR) is 68.3 cm³/mol. The Morgan fingerprint density at radius 3 is 2.33 bits per heavy atom. The van der Waals surface area contributed by atoms with Gasteiger partial charge in [-0.15, -0.1) is 0 Å². The second kappa shape index (κ2) is 7.64. The van der Waals surface area contributed by atoms with Crippen LogP contribution in [0.25, 0.3) is 0 Å². The van der Waals surface area contributed by atoms with Gasteiger partial charge < -0.3 is 41.9 Å². The largest absolute Gasteiger partial charge is 0.394 e. The van der Waals surface area contributed by atoms with E-state index in [1.54, 1.807) is 0 Å². The first-order valence-corrected chi connectivity index (χ1v) is 6.42. The first kappa shape index (κ1) is 17.8. The summed E-state index contributed by atoms with van der Waals surface area (Å²) in [5.41, 5.74) is 10.5. The lowest BCUT2D eigenvalue weighted by atomic mass is 9.98. The fourth-order valence-electron chi connectivity index (χ4n) is 1.90. The summed E-state index contributed by atoms with van der Waals surface area (Å²) in [6, 6.07) is -1.05. The van der Waals surface area contributed by atoms with Crippen LogP contribution in [0.3, 0.4) is 0 Å². The number of aliphatic hydroxyl groups excluding tert-OH is 4. The maximum atomic E-state index is 11.8. The van der Waals surface area contributed by atoms with Crippen molar-refractivity contribution in [3.05, 3.63) is 0 Å². The molecule has 1 aliphatic heterocycles. The molecular weight excluding hydrogens is 286 g/mol. The number of carbonyl (C=O) groups excluding carboxylic acids is 2. The van der Waals surface area contributed by atoms with Gasteiger partial charge in [-0.2, -0.15) is 0 Å². The van der Waals surface area contributed by atoms with E-state index in [0.29, 0.717) is 0 Å². The molecule has 0 aromatic carbocycles. The molecule has 2 amide bonds. The fourth-order valence-corrected chi connectivity index (χ4v) is 1.90. The summed E-state index contributed by atoms with van der Waals surface area (Å²) >= 11 is 0. The SMILES string of the molecule is NC(=O)CC[C@H](N)C(=O)N[C@@H]1O[C@H](CO)[C@@H](O)[C@H](O)[C@H]1O. The number of rotatable bonds is 6. The summed E-state index contributed by atoms with van der Waals surface area (Å²) in [6.45, 7) is -0.606. The first-order chi connectivity index (χ1) is 9.77. The molecule has 10 heteroatoms. The topological polar surface area (TPSA) is 188 Å². The molecule has 21 heavy (non-hydrogen) atoms. The van der Waals surface area contributed by atoms with Gasteiger partial charge in [0.15, 0.2) is 6.23 Å². The number of ether oxygens (including phenoxy) is 1. The first-order valence-electron chi connectivity index (χ1n) is 6.42. The number of hydrogen-bond donors (Lipinski definition) is 7. The van der Waals surface area contributed by atoms with Crippen LogP contribution in [0.15, 0.2) is 0 Å². The molecule has 1 heterocycles. The third-order valence-corrected chi connectivity index (χ3v) is 3.22. The molecule has 1 saturated heterocycles. The minimum atomic E-state index is -1.59. The molecule has 0 bridgehead atoms. The van der Waals surface area contributed by atoms with Gasteiger partial charge in [0, 0.05) is 6.42 Å². The molecule has 6 atom stereocenters. The highest BCUT2D eigenvalue weighted by molar-refractivity contribution is 5.82. The average Bonchev–Trinajstić information content (AvgIpc) is 2.44. The van der Waals surface area contributed by atoms with Crippen LogP contribution in [-0.2, 0) is 14.3 Å². The van der Waals surface area contributed by atoms with E-state index in [4.69, 9.17) is 21.3 Å². The normalized spacial score (nSPS) is 34.2. The van der Waals surface area contributed by atoms with Crippen LogP contribution in [-0.4, -0.2) is 75.5 Å². The molecule has 1 rings (SSSR count). The van der Waals surface area contributed by atoms with Crippen molar-refractivity contribution >= 4 is 11.8 Å². The Bertz CT molecular complexity index is 379. The Morgan fingerprint density at radius 2 is 1.81 bits per heavy atom. The zero-order valence-corrected chi connectivity index (χ0v) is 11.3. The van der Waals surface area contributed by atoms with Crippen LogP contribution in [0.4, 0.5) is 0 Å². The van der Waals surface area contributed by atoms with Gasteiger partial charge in [-0.1, -0.05) is 0 Å². The highest BCUT2D eigenvalue weighted by Gasteiger charge is 2.44. The van der Waals surface area contributed by atoms with Crippen molar-refractivity contribution in [3.8, 4) is 0 Å². The van der Waals surface area contributed by atoms with E-state index in [1.165, 1.54) is 0 Å². The number of amides is 2. The van der Waals surface area contributed by atoms with Gasteiger partial charge >= 0.3 is 0 Å². The molecule has 0 aliphatic carbocycles. The number of nitrogens with one attached hydrogen (secondary N) is 1. The summed E-state index contributed by atoms with van der Waals surface area (Å²) in [7, 11) is 0. The van der Waals surface area contributed by atoms with Crippen LogP contribution in [0, 0.1) is 0 Å². The third-order valence-electron chi connectivity index (χ3n) is 3.22. The summed E-state index contributed by atoms with van der Waals surface area (Å²) in [4.78, 5) is 22.4. The van der Waals surface area contributed by atoms with Crippen molar-refractivity contribution in [2.45, 2.75) is 49.5 Å². The van der Waals surface area contributed by atoms with E-state index in [-0.39, 0.29) is 12.8 Å². The highest BCUT2D eigenvalue weighted by Crippen LogP contribution is 2.19. The van der Waals surface area contributed by atoms with Gasteiger partial charge in [-0.05, 0) is 6.42 Å². The molecular formula is C11H21N3O7. The minimum Gasteiger partial charge on any atom is -0.394 e. The number of primary amides is 1. The smallest absolute Gasteiger partial charge is 0.238 e. The lowest BCUT2D eigenvalue weighted by molar-refractivity contribution is -0.236. The van der Waals surface area contributed by atoms with E-state index in [9.17, 15) is 24.9 Å². The predicted octanol–water partition coefficient (Wildman–Crippen LogP) is -4.50. The molecule has 0 aromatic heterocycles. The van der Waals surface area contributed by atoms with Crippen molar-refractivity contribution in [1.82, 2.24) is 5.32 Å². The Labute approximate surface area is 120 Å². The fraction of sp³-hybridized carbons (Fsp3) is 0.818. The summed E-state index contributed by atoms with van der Waals surface area (Å²) < 4.78 is 5.09. The van der Waals surface area contributed by atoms with Crippen molar-refractivity contribution in [2.75, 3.05) is 6.61 Å². The highest BCUT2D eigenvalue weighted by atomic mass is 16.6. The van der Waals surface area contributed by atoms with Crippen LogP contribution >= 0.6 is 0 Å². The van der Waals surface area contributed by atoms with Gasteiger partial charge in [-0.25, -0.2) is 0 Å². The molecule has 122 valence electrons. The molecule has 1 fully saturated rings. The van der Waals surface area contributed by atoms with E-state index >= 15 is 0 Å². The molecule has 9 N–H and O–H groups in total. The Balaban J connectivity index is 2.59. The third kappa shape index (κ3) is 4.59. The average molecular weight is 307 g/mol. The quantitative estimate of drug-likeness (QED) is 0.255. The van der Waals surface area contributed by atoms with E-state index in [1.807, 2.05) is 0 Å². The van der Waals surface area contributed by atoms with Gasteiger partial charge in [0.05, 0.1) is 12.6 Å². The zero-order valence-electron chi connectivity index (χ0n) is 11.3. The van der Waals surface area contributed by atoms with Crippen molar-refractivity contribution in [3.63, 3.8) is 0 Å².